The molecule has 2 aliphatic heterocycles. The van der Waals surface area contributed by atoms with Crippen LogP contribution in [0, 0.1) is 0 Å². The molecule has 0 saturated carbocycles. The Morgan fingerprint density at radius 2 is 1.84 bits per heavy atom. The van der Waals surface area contributed by atoms with Gasteiger partial charge >= 0.3 is 0 Å². The lowest BCUT2D eigenvalue weighted by Crippen LogP contribution is -2.34. The Labute approximate surface area is 240 Å². The van der Waals surface area contributed by atoms with Gasteiger partial charge in [-0.2, -0.15) is 5.10 Å². The van der Waals surface area contributed by atoms with Crippen molar-refractivity contribution in [2.45, 2.75) is 51.3 Å². The van der Waals surface area contributed by atoms with Crippen LogP contribution in [0.1, 0.15) is 68.0 Å². The third kappa shape index (κ3) is 5.64. The number of benzene rings is 3. The van der Waals surface area contributed by atoms with Crippen molar-refractivity contribution in [3.05, 3.63) is 85.3 Å². The number of hydrazone groups is 1. The summed E-state index contributed by atoms with van der Waals surface area (Å²) < 4.78 is 20.3. The molecule has 3 aromatic carbocycles. The van der Waals surface area contributed by atoms with Gasteiger partial charge in [-0.15, -0.1) is 0 Å². The molecule has 0 N–H and O–H groups in total. The Morgan fingerprint density at radius 1 is 1.03 bits per heavy atom. The van der Waals surface area contributed by atoms with Gasteiger partial charge in [0.05, 0.1) is 29.9 Å². The van der Waals surface area contributed by atoms with Crippen LogP contribution in [0.25, 0.3) is 0 Å². The smallest absolute Gasteiger partial charge is 0.214 e. The molecule has 5 rings (SSSR count). The minimum Gasteiger partial charge on any atom is -0.493 e. The van der Waals surface area contributed by atoms with Gasteiger partial charge in [-0.25, -0.2) is 5.01 Å². The van der Waals surface area contributed by atoms with E-state index in [-0.39, 0.29) is 6.04 Å². The number of rotatable bonds is 9. The zero-order chi connectivity index (χ0) is 25.9. The van der Waals surface area contributed by atoms with E-state index in [0.717, 1.165) is 55.7 Å². The van der Waals surface area contributed by atoms with Crippen LogP contribution < -0.4 is 14.2 Å². The minimum absolute atomic E-state index is 0.0220. The molecule has 0 radical (unpaired) electrons. The first-order valence-corrected chi connectivity index (χ1v) is 14.5. The molecule has 2 heterocycles. The molecular weight excluding hydrogens is 620 g/mol. The number of hydrogen-bond donors (Lipinski definition) is 0. The van der Waals surface area contributed by atoms with Crippen molar-refractivity contribution in [3.63, 3.8) is 0 Å². The summed E-state index contributed by atoms with van der Waals surface area (Å²) in [7, 11) is 1.67. The van der Waals surface area contributed by atoms with E-state index in [1.807, 2.05) is 48.5 Å². The summed E-state index contributed by atoms with van der Waals surface area (Å²) >= 11 is 13.5. The van der Waals surface area contributed by atoms with Gasteiger partial charge in [-0.1, -0.05) is 65.8 Å². The summed E-state index contributed by atoms with van der Waals surface area (Å²) in [6.07, 6.45) is 4.96. The Bertz CT molecular complexity index is 1300. The molecule has 194 valence electrons. The Hall–Kier alpha value is -2.22. The fourth-order valence-electron chi connectivity index (χ4n) is 4.82. The highest BCUT2D eigenvalue weighted by molar-refractivity contribution is 9.11. The molecule has 0 saturated heterocycles. The molecule has 5 nitrogen and oxygen atoms in total. The second-order valence-corrected chi connectivity index (χ2v) is 11.5. The van der Waals surface area contributed by atoms with Crippen molar-refractivity contribution in [1.29, 1.82) is 0 Å². The molecule has 0 unspecified atom stereocenters. The Morgan fingerprint density at radius 3 is 2.59 bits per heavy atom. The SMILES string of the molecule is CCCCCCOc1ccc([C@H]2Oc3c(Br)cc(Br)cc3[C@H]3CC(c4ccc(Cl)cc4)=NN32)cc1OC. The van der Waals surface area contributed by atoms with E-state index < -0.39 is 6.23 Å². The third-order valence-electron chi connectivity index (χ3n) is 6.71. The lowest BCUT2D eigenvalue weighted by atomic mass is 9.96. The molecule has 2 atom stereocenters. The van der Waals surface area contributed by atoms with E-state index in [0.29, 0.717) is 17.4 Å². The van der Waals surface area contributed by atoms with Crippen LogP contribution in [0.2, 0.25) is 5.02 Å². The van der Waals surface area contributed by atoms with Crippen molar-refractivity contribution in [1.82, 2.24) is 5.01 Å². The molecule has 2 aliphatic rings. The van der Waals surface area contributed by atoms with Crippen LogP contribution in [-0.4, -0.2) is 24.4 Å². The molecule has 37 heavy (non-hydrogen) atoms. The van der Waals surface area contributed by atoms with E-state index in [1.165, 1.54) is 19.3 Å². The first-order chi connectivity index (χ1) is 18.0. The van der Waals surface area contributed by atoms with Crippen LogP contribution in [0.15, 0.2) is 68.6 Å². The molecule has 3 aromatic rings. The maximum Gasteiger partial charge on any atom is 0.214 e. The fraction of sp³-hybridized carbons (Fsp3) is 0.345. The van der Waals surface area contributed by atoms with E-state index in [1.54, 1.807) is 7.11 Å². The fourth-order valence-corrected chi connectivity index (χ4v) is 6.30. The number of fused-ring (bicyclic) bond motifs is 3. The summed E-state index contributed by atoms with van der Waals surface area (Å²) in [5.41, 5.74) is 4.08. The molecular formula is C29H29Br2ClN2O3. The summed E-state index contributed by atoms with van der Waals surface area (Å²) in [6, 6.07) is 18.0. The number of methoxy groups -OCH3 is 1. The zero-order valence-corrected chi connectivity index (χ0v) is 24.8. The number of unbranched alkanes of at least 4 members (excludes halogenated alkanes) is 3. The standard InChI is InChI=1S/C29H29Br2ClN2O3/c1-3-4-5-6-13-36-26-12-9-19(14-27(26)35-2)29-34-25(22-15-20(30)16-23(31)28(22)37-29)17-24(33-34)18-7-10-21(32)11-8-18/h7-12,14-16,25,29H,3-6,13,17H2,1-2H3/t25-,29-/m1/s1. The molecule has 8 heteroatoms. The zero-order valence-electron chi connectivity index (χ0n) is 20.8. The van der Waals surface area contributed by atoms with Gasteiger partial charge in [0.25, 0.3) is 0 Å². The largest absolute Gasteiger partial charge is 0.493 e. The van der Waals surface area contributed by atoms with E-state index in [9.17, 15) is 0 Å². The summed E-state index contributed by atoms with van der Waals surface area (Å²) in [5, 5.41) is 7.83. The first kappa shape index (κ1) is 26.4. The number of ether oxygens (including phenoxy) is 3. The maximum atomic E-state index is 6.62. The van der Waals surface area contributed by atoms with Gasteiger partial charge in [-0.05, 0) is 70.4 Å². The highest BCUT2D eigenvalue weighted by atomic mass is 79.9. The van der Waals surface area contributed by atoms with Gasteiger partial charge < -0.3 is 14.2 Å². The van der Waals surface area contributed by atoms with Crippen molar-refractivity contribution in [2.75, 3.05) is 13.7 Å². The number of hydrogen-bond acceptors (Lipinski definition) is 5. The third-order valence-corrected chi connectivity index (χ3v) is 8.01. The average Bonchev–Trinajstić information content (AvgIpc) is 3.34. The van der Waals surface area contributed by atoms with Gasteiger partial charge in [0.1, 0.15) is 5.75 Å². The van der Waals surface area contributed by atoms with Gasteiger partial charge in [0.15, 0.2) is 11.5 Å². The van der Waals surface area contributed by atoms with Crippen LogP contribution in [0.3, 0.4) is 0 Å². The topological polar surface area (TPSA) is 43.3 Å². The molecule has 0 aromatic heterocycles. The van der Waals surface area contributed by atoms with Crippen LogP contribution in [0.4, 0.5) is 0 Å². The van der Waals surface area contributed by atoms with E-state index in [4.69, 9.17) is 30.9 Å². The van der Waals surface area contributed by atoms with Gasteiger partial charge in [0.2, 0.25) is 6.23 Å². The van der Waals surface area contributed by atoms with Crippen molar-refractivity contribution in [3.8, 4) is 17.2 Å². The lowest BCUT2D eigenvalue weighted by Gasteiger charge is -2.38. The number of nitrogens with zero attached hydrogens (tertiary/aromatic N) is 2. The Balaban J connectivity index is 1.48. The Kier molecular flexibility index (Phi) is 8.32. The highest BCUT2D eigenvalue weighted by Gasteiger charge is 2.42. The molecule has 0 spiro atoms. The van der Waals surface area contributed by atoms with Crippen molar-refractivity contribution < 1.29 is 14.2 Å². The van der Waals surface area contributed by atoms with E-state index in [2.05, 4.69) is 49.9 Å². The van der Waals surface area contributed by atoms with Crippen LogP contribution in [0.5, 0.6) is 17.2 Å². The lowest BCUT2D eigenvalue weighted by molar-refractivity contribution is -0.0198. The summed E-state index contributed by atoms with van der Waals surface area (Å²) in [5.74, 6) is 2.26. The predicted octanol–water partition coefficient (Wildman–Crippen LogP) is 9.08. The maximum absolute atomic E-state index is 6.62. The first-order valence-electron chi connectivity index (χ1n) is 12.6. The summed E-state index contributed by atoms with van der Waals surface area (Å²) in [6.45, 7) is 2.88. The summed E-state index contributed by atoms with van der Waals surface area (Å²) in [4.78, 5) is 0. The monoisotopic (exact) mass is 646 g/mol. The normalized spacial score (nSPS) is 18.1. The second kappa shape index (κ2) is 11.7. The van der Waals surface area contributed by atoms with Gasteiger partial charge in [0, 0.05) is 27.0 Å². The van der Waals surface area contributed by atoms with Crippen molar-refractivity contribution >= 4 is 49.2 Å². The highest BCUT2D eigenvalue weighted by Crippen LogP contribution is 2.51. The van der Waals surface area contributed by atoms with Crippen LogP contribution in [-0.2, 0) is 0 Å². The van der Waals surface area contributed by atoms with E-state index >= 15 is 0 Å². The molecule has 0 fully saturated rings. The predicted molar refractivity (Wildman–Crippen MR) is 155 cm³/mol. The molecule has 0 bridgehead atoms. The average molecular weight is 649 g/mol. The van der Waals surface area contributed by atoms with Crippen LogP contribution >= 0.6 is 43.5 Å². The molecule has 0 aliphatic carbocycles. The molecule has 0 amide bonds. The minimum atomic E-state index is -0.424. The number of halogens is 3. The van der Waals surface area contributed by atoms with Crippen molar-refractivity contribution in [2.24, 2.45) is 5.10 Å². The van der Waals surface area contributed by atoms with Gasteiger partial charge in [-0.3, -0.25) is 0 Å². The quantitative estimate of drug-likeness (QED) is 0.217. The second-order valence-electron chi connectivity index (χ2n) is 9.25.